The lowest BCUT2D eigenvalue weighted by Crippen LogP contribution is -2.44. The molecule has 0 aromatic rings. The molecule has 1 nitrogen and oxygen atoms in total. The zero-order chi connectivity index (χ0) is 11.5. The van der Waals surface area contributed by atoms with E-state index in [2.05, 4.69) is 27.7 Å². The van der Waals surface area contributed by atoms with Crippen molar-refractivity contribution in [3.8, 4) is 0 Å². The predicted molar refractivity (Wildman–Crippen MR) is 66.2 cm³/mol. The highest BCUT2D eigenvalue weighted by Gasteiger charge is 2.63. The highest BCUT2D eigenvalue weighted by molar-refractivity contribution is 5.11. The Kier molecular flexibility index (Phi) is 2.41. The number of ether oxygens (including phenoxy) is 1. The normalized spacial score (nSPS) is 55.7. The largest absolute Gasteiger partial charge is 0.366 e. The lowest BCUT2D eigenvalue weighted by atomic mass is 9.57. The maximum atomic E-state index is 6.06. The van der Waals surface area contributed by atoms with E-state index in [1.807, 2.05) is 0 Å². The fourth-order valence-corrected chi connectivity index (χ4v) is 4.66. The Labute approximate surface area is 99.9 Å². The molecule has 1 saturated heterocycles. The highest BCUT2D eigenvalue weighted by Crippen LogP contribution is 2.60. The van der Waals surface area contributed by atoms with Crippen LogP contribution in [0.15, 0.2) is 0 Å². The Hall–Kier alpha value is -0.0400. The van der Waals surface area contributed by atoms with Gasteiger partial charge in [0.25, 0.3) is 0 Å². The summed E-state index contributed by atoms with van der Waals surface area (Å²) in [7, 11) is 0. The minimum Gasteiger partial charge on any atom is -0.366 e. The van der Waals surface area contributed by atoms with Crippen molar-refractivity contribution >= 4 is 0 Å². The second-order valence-corrected chi connectivity index (χ2v) is 7.09. The van der Waals surface area contributed by atoms with Crippen LogP contribution in [0.1, 0.15) is 53.4 Å². The first kappa shape index (κ1) is 11.1. The minimum absolute atomic E-state index is 0.283. The van der Waals surface area contributed by atoms with E-state index in [0.29, 0.717) is 6.10 Å². The van der Waals surface area contributed by atoms with Crippen LogP contribution < -0.4 is 0 Å². The summed E-state index contributed by atoms with van der Waals surface area (Å²) in [5.74, 6) is 4.54. The van der Waals surface area contributed by atoms with E-state index in [9.17, 15) is 0 Å². The molecule has 0 N–H and O–H groups in total. The lowest BCUT2D eigenvalue weighted by molar-refractivity contribution is 0.0354. The zero-order valence-corrected chi connectivity index (χ0v) is 11.2. The molecule has 0 aromatic carbocycles. The molecule has 1 heterocycles. The van der Waals surface area contributed by atoms with Crippen molar-refractivity contribution < 1.29 is 4.74 Å². The van der Waals surface area contributed by atoms with Crippen LogP contribution in [0.25, 0.3) is 0 Å². The standard InChI is InChI=1S/C15H26O/c1-9(2)11-6-5-10(3)12-7-8-15(4)14(16-15)13(11)12/h9-14H,5-8H2,1-4H3/t10-,11+,12+,13-,14+,15-/m1/s1. The van der Waals surface area contributed by atoms with Gasteiger partial charge in [0.05, 0.1) is 11.7 Å². The van der Waals surface area contributed by atoms with E-state index in [-0.39, 0.29) is 5.60 Å². The Morgan fingerprint density at radius 1 is 1.19 bits per heavy atom. The molecule has 16 heavy (non-hydrogen) atoms. The quantitative estimate of drug-likeness (QED) is 0.614. The summed E-state index contributed by atoms with van der Waals surface area (Å²) in [6.45, 7) is 9.63. The number of hydrogen-bond acceptors (Lipinski definition) is 1. The van der Waals surface area contributed by atoms with E-state index >= 15 is 0 Å². The van der Waals surface area contributed by atoms with Crippen molar-refractivity contribution in [3.63, 3.8) is 0 Å². The van der Waals surface area contributed by atoms with E-state index in [4.69, 9.17) is 4.74 Å². The first-order chi connectivity index (χ1) is 7.53. The fourth-order valence-electron chi connectivity index (χ4n) is 4.66. The van der Waals surface area contributed by atoms with Crippen molar-refractivity contribution in [1.29, 1.82) is 0 Å². The van der Waals surface area contributed by atoms with Crippen LogP contribution in [0.5, 0.6) is 0 Å². The van der Waals surface area contributed by atoms with E-state index in [1.54, 1.807) is 0 Å². The molecule has 1 aliphatic heterocycles. The monoisotopic (exact) mass is 222 g/mol. The van der Waals surface area contributed by atoms with Gasteiger partial charge in [-0.1, -0.05) is 27.2 Å². The van der Waals surface area contributed by atoms with Crippen LogP contribution in [0.2, 0.25) is 0 Å². The van der Waals surface area contributed by atoms with Crippen LogP contribution >= 0.6 is 0 Å². The Bertz CT molecular complexity index is 283. The summed E-state index contributed by atoms with van der Waals surface area (Å²) in [5, 5.41) is 0. The first-order valence-electron chi connectivity index (χ1n) is 7.21. The maximum Gasteiger partial charge on any atom is 0.0923 e. The Morgan fingerprint density at radius 3 is 2.62 bits per heavy atom. The molecule has 92 valence electrons. The molecule has 0 unspecified atom stereocenters. The predicted octanol–water partition coefficient (Wildman–Crippen LogP) is 3.87. The molecule has 0 amide bonds. The fraction of sp³-hybridized carbons (Fsp3) is 1.00. The van der Waals surface area contributed by atoms with Gasteiger partial charge >= 0.3 is 0 Å². The summed E-state index contributed by atoms with van der Waals surface area (Å²) >= 11 is 0. The third-order valence-electron chi connectivity index (χ3n) is 5.80. The third-order valence-corrected chi connectivity index (χ3v) is 5.80. The van der Waals surface area contributed by atoms with Gasteiger partial charge in [0.15, 0.2) is 0 Å². The van der Waals surface area contributed by atoms with Gasteiger partial charge < -0.3 is 4.74 Å². The first-order valence-corrected chi connectivity index (χ1v) is 7.21. The molecule has 0 aromatic heterocycles. The Balaban J connectivity index is 1.85. The molecular weight excluding hydrogens is 196 g/mol. The van der Waals surface area contributed by atoms with Crippen molar-refractivity contribution in [2.24, 2.45) is 29.6 Å². The number of epoxide rings is 1. The molecular formula is C15H26O. The van der Waals surface area contributed by atoms with Crippen LogP contribution in [-0.2, 0) is 4.74 Å². The van der Waals surface area contributed by atoms with Gasteiger partial charge in [-0.15, -0.1) is 0 Å². The summed E-state index contributed by atoms with van der Waals surface area (Å²) in [6.07, 6.45) is 6.24. The van der Waals surface area contributed by atoms with Gasteiger partial charge in [-0.05, 0) is 55.8 Å². The van der Waals surface area contributed by atoms with Gasteiger partial charge in [0, 0.05) is 0 Å². The second-order valence-electron chi connectivity index (χ2n) is 7.09. The van der Waals surface area contributed by atoms with Crippen LogP contribution in [0, 0.1) is 29.6 Å². The smallest absolute Gasteiger partial charge is 0.0923 e. The number of hydrogen-bond donors (Lipinski definition) is 0. The summed E-state index contributed by atoms with van der Waals surface area (Å²) in [5.41, 5.74) is 0.283. The molecule has 2 aliphatic carbocycles. The maximum absolute atomic E-state index is 6.06. The lowest BCUT2D eigenvalue weighted by Gasteiger charge is -2.46. The summed E-state index contributed by atoms with van der Waals surface area (Å²) < 4.78 is 6.06. The molecule has 3 aliphatic rings. The molecule has 2 saturated carbocycles. The van der Waals surface area contributed by atoms with Crippen LogP contribution in [0.4, 0.5) is 0 Å². The Morgan fingerprint density at radius 2 is 1.94 bits per heavy atom. The van der Waals surface area contributed by atoms with Gasteiger partial charge in [-0.25, -0.2) is 0 Å². The average Bonchev–Trinajstić information content (AvgIpc) is 2.90. The van der Waals surface area contributed by atoms with Gasteiger partial charge in [0.1, 0.15) is 0 Å². The second kappa shape index (κ2) is 3.48. The van der Waals surface area contributed by atoms with Gasteiger partial charge in [0.2, 0.25) is 0 Å². The zero-order valence-electron chi connectivity index (χ0n) is 11.2. The minimum atomic E-state index is 0.283. The number of rotatable bonds is 1. The molecule has 3 rings (SSSR count). The van der Waals surface area contributed by atoms with Crippen molar-refractivity contribution in [1.82, 2.24) is 0 Å². The van der Waals surface area contributed by atoms with Gasteiger partial charge in [-0.3, -0.25) is 0 Å². The summed E-state index contributed by atoms with van der Waals surface area (Å²) in [6, 6.07) is 0. The highest BCUT2D eigenvalue weighted by atomic mass is 16.6. The van der Waals surface area contributed by atoms with Crippen molar-refractivity contribution in [2.45, 2.75) is 65.1 Å². The van der Waals surface area contributed by atoms with E-state index < -0.39 is 0 Å². The molecule has 0 bridgehead atoms. The van der Waals surface area contributed by atoms with Gasteiger partial charge in [-0.2, -0.15) is 0 Å². The molecule has 6 atom stereocenters. The van der Waals surface area contributed by atoms with Crippen LogP contribution in [0.3, 0.4) is 0 Å². The molecule has 0 spiro atoms. The van der Waals surface area contributed by atoms with Crippen molar-refractivity contribution in [2.75, 3.05) is 0 Å². The topological polar surface area (TPSA) is 12.5 Å². The summed E-state index contributed by atoms with van der Waals surface area (Å²) in [4.78, 5) is 0. The van der Waals surface area contributed by atoms with E-state index in [1.165, 1.54) is 25.7 Å². The molecule has 1 heteroatoms. The SMILES string of the molecule is CC(C)[C@@H]1CC[C@@H](C)[C@@H]2CC[C@@]3(C)O[C@H]3[C@@H]21. The molecule has 3 fully saturated rings. The average molecular weight is 222 g/mol. The number of fused-ring (bicyclic) bond motifs is 3. The van der Waals surface area contributed by atoms with Crippen LogP contribution in [-0.4, -0.2) is 11.7 Å². The molecule has 0 radical (unpaired) electrons. The third kappa shape index (κ3) is 1.47. The van der Waals surface area contributed by atoms with Crippen molar-refractivity contribution in [3.05, 3.63) is 0 Å². The van der Waals surface area contributed by atoms with E-state index in [0.717, 1.165) is 29.6 Å².